The van der Waals surface area contributed by atoms with Crippen LogP contribution in [0.1, 0.15) is 45.4 Å². The van der Waals surface area contributed by atoms with Gasteiger partial charge in [0.05, 0.1) is 12.0 Å². The third-order valence-corrected chi connectivity index (χ3v) is 6.74. The molecule has 1 aliphatic carbocycles. The number of amides is 2. The Morgan fingerprint density at radius 1 is 1.39 bits per heavy atom. The highest BCUT2D eigenvalue weighted by atomic mass is 32.2. The third-order valence-electron chi connectivity index (χ3n) is 5.55. The molecule has 126 valence electrons. The van der Waals surface area contributed by atoms with Crippen LogP contribution in [0.2, 0.25) is 0 Å². The van der Waals surface area contributed by atoms with Gasteiger partial charge in [-0.25, -0.2) is 0 Å². The summed E-state index contributed by atoms with van der Waals surface area (Å²) in [5, 5.41) is 12.3. The first-order chi connectivity index (χ1) is 11.0. The van der Waals surface area contributed by atoms with Gasteiger partial charge in [0.1, 0.15) is 5.54 Å². The zero-order valence-corrected chi connectivity index (χ0v) is 14.5. The van der Waals surface area contributed by atoms with Gasteiger partial charge in [0.25, 0.3) is 0 Å². The van der Waals surface area contributed by atoms with Crippen LogP contribution in [0.15, 0.2) is 0 Å². The van der Waals surface area contributed by atoms with Crippen LogP contribution in [-0.4, -0.2) is 46.3 Å². The molecule has 2 atom stereocenters. The van der Waals surface area contributed by atoms with Crippen molar-refractivity contribution < 1.29 is 9.59 Å². The molecule has 23 heavy (non-hydrogen) atoms. The van der Waals surface area contributed by atoms with E-state index in [1.54, 1.807) is 11.8 Å². The Balaban J connectivity index is 1.58. The zero-order chi connectivity index (χ0) is 16.4. The summed E-state index contributed by atoms with van der Waals surface area (Å²) < 4.78 is 0. The van der Waals surface area contributed by atoms with E-state index in [-0.39, 0.29) is 17.7 Å². The van der Waals surface area contributed by atoms with E-state index in [9.17, 15) is 14.9 Å². The number of likely N-dealkylation sites (tertiary alicyclic amines) is 1. The van der Waals surface area contributed by atoms with Crippen molar-refractivity contribution in [3.63, 3.8) is 0 Å². The van der Waals surface area contributed by atoms with Crippen molar-refractivity contribution in [1.82, 2.24) is 10.2 Å². The minimum absolute atomic E-state index is 0.108. The monoisotopic (exact) mass is 335 g/mol. The first-order valence-corrected chi connectivity index (χ1v) is 9.79. The van der Waals surface area contributed by atoms with Crippen LogP contribution in [0, 0.1) is 23.2 Å². The fourth-order valence-electron chi connectivity index (χ4n) is 3.93. The SMILES string of the molecule is CC1CCC(N2C[C@@H](C(=O)N[C@@]3(C#N)CCSC3)CC2=O)CC1. The van der Waals surface area contributed by atoms with Crippen LogP contribution < -0.4 is 5.32 Å². The second-order valence-corrected chi connectivity index (χ2v) is 8.45. The van der Waals surface area contributed by atoms with Gasteiger partial charge in [-0.2, -0.15) is 17.0 Å². The molecule has 2 amide bonds. The Kier molecular flexibility index (Phi) is 4.86. The highest BCUT2D eigenvalue weighted by Gasteiger charge is 2.42. The highest BCUT2D eigenvalue weighted by molar-refractivity contribution is 7.99. The number of nitrogens with one attached hydrogen (secondary N) is 1. The highest BCUT2D eigenvalue weighted by Crippen LogP contribution is 2.32. The van der Waals surface area contributed by atoms with Crippen LogP contribution >= 0.6 is 11.8 Å². The molecule has 0 unspecified atom stereocenters. The van der Waals surface area contributed by atoms with E-state index in [0.29, 0.717) is 31.2 Å². The van der Waals surface area contributed by atoms with Gasteiger partial charge in [0.15, 0.2) is 0 Å². The average molecular weight is 335 g/mol. The molecule has 0 radical (unpaired) electrons. The van der Waals surface area contributed by atoms with Gasteiger partial charge in [-0.3, -0.25) is 9.59 Å². The molecule has 2 heterocycles. The van der Waals surface area contributed by atoms with Crippen LogP contribution in [0.25, 0.3) is 0 Å². The molecule has 3 fully saturated rings. The predicted molar refractivity (Wildman–Crippen MR) is 89.7 cm³/mol. The van der Waals surface area contributed by atoms with Gasteiger partial charge in [0, 0.05) is 24.8 Å². The van der Waals surface area contributed by atoms with Gasteiger partial charge < -0.3 is 10.2 Å². The van der Waals surface area contributed by atoms with E-state index in [2.05, 4.69) is 18.3 Å². The maximum atomic E-state index is 12.5. The van der Waals surface area contributed by atoms with Gasteiger partial charge in [-0.05, 0) is 43.8 Å². The van der Waals surface area contributed by atoms with Gasteiger partial charge >= 0.3 is 0 Å². The Morgan fingerprint density at radius 2 is 2.13 bits per heavy atom. The number of carbonyl (C=O) groups is 2. The predicted octanol–water partition coefficient (Wildman–Crippen LogP) is 1.93. The molecule has 3 rings (SSSR count). The number of rotatable bonds is 3. The smallest absolute Gasteiger partial charge is 0.226 e. The molecule has 0 aromatic rings. The Hall–Kier alpha value is -1.22. The van der Waals surface area contributed by atoms with Gasteiger partial charge in [-0.15, -0.1) is 0 Å². The standard InChI is InChI=1S/C17H25N3O2S/c1-12-2-4-14(5-3-12)20-9-13(8-15(20)21)16(22)19-17(10-18)6-7-23-11-17/h12-14H,2-9,11H2,1H3,(H,19,22)/t12?,13-,14?,17+/m0/s1. The largest absolute Gasteiger partial charge is 0.339 e. The number of nitrogens with zero attached hydrogens (tertiary/aromatic N) is 2. The number of hydrogen-bond acceptors (Lipinski definition) is 4. The molecule has 0 aromatic heterocycles. The van der Waals surface area contributed by atoms with Crippen molar-refractivity contribution in [2.24, 2.45) is 11.8 Å². The zero-order valence-electron chi connectivity index (χ0n) is 13.7. The van der Waals surface area contributed by atoms with E-state index in [1.807, 2.05) is 4.90 Å². The molecule has 2 saturated heterocycles. The molecule has 3 aliphatic rings. The molecule has 1 saturated carbocycles. The lowest BCUT2D eigenvalue weighted by Crippen LogP contribution is -2.50. The lowest BCUT2D eigenvalue weighted by Gasteiger charge is -2.33. The molecular formula is C17H25N3O2S. The summed E-state index contributed by atoms with van der Waals surface area (Å²) in [6, 6.07) is 2.58. The molecule has 5 nitrogen and oxygen atoms in total. The van der Waals surface area contributed by atoms with Crippen molar-refractivity contribution in [3.8, 4) is 6.07 Å². The van der Waals surface area contributed by atoms with Crippen LogP contribution in [0.4, 0.5) is 0 Å². The van der Waals surface area contributed by atoms with E-state index in [0.717, 1.165) is 24.5 Å². The Morgan fingerprint density at radius 3 is 2.74 bits per heavy atom. The summed E-state index contributed by atoms with van der Waals surface area (Å²) in [5.74, 6) is 2.01. The van der Waals surface area contributed by atoms with E-state index < -0.39 is 5.54 Å². The van der Waals surface area contributed by atoms with Crippen molar-refractivity contribution >= 4 is 23.6 Å². The summed E-state index contributed by atoms with van der Waals surface area (Å²) in [6.07, 6.45) is 5.44. The van der Waals surface area contributed by atoms with Crippen molar-refractivity contribution in [3.05, 3.63) is 0 Å². The van der Waals surface area contributed by atoms with Crippen LogP contribution in [0.5, 0.6) is 0 Å². The van der Waals surface area contributed by atoms with E-state index in [4.69, 9.17) is 0 Å². The number of nitriles is 1. The number of carbonyl (C=O) groups excluding carboxylic acids is 2. The lowest BCUT2D eigenvalue weighted by atomic mass is 9.86. The third kappa shape index (κ3) is 3.50. The normalized spacial score (nSPS) is 37.7. The second-order valence-electron chi connectivity index (χ2n) is 7.35. The fraction of sp³-hybridized carbons (Fsp3) is 0.824. The summed E-state index contributed by atoms with van der Waals surface area (Å²) in [6.45, 7) is 2.79. The Labute approximate surface area is 142 Å². The molecule has 0 bridgehead atoms. The van der Waals surface area contributed by atoms with Gasteiger partial charge in [0.2, 0.25) is 11.8 Å². The summed E-state index contributed by atoms with van der Waals surface area (Å²) in [4.78, 5) is 26.8. The molecule has 6 heteroatoms. The summed E-state index contributed by atoms with van der Waals surface area (Å²) in [7, 11) is 0. The average Bonchev–Trinajstić information content (AvgIpc) is 3.16. The maximum absolute atomic E-state index is 12.5. The van der Waals surface area contributed by atoms with Gasteiger partial charge in [-0.1, -0.05) is 6.92 Å². The Bertz CT molecular complexity index is 516. The van der Waals surface area contributed by atoms with Crippen LogP contribution in [0.3, 0.4) is 0 Å². The van der Waals surface area contributed by atoms with E-state index >= 15 is 0 Å². The van der Waals surface area contributed by atoms with Crippen molar-refractivity contribution in [2.45, 2.75) is 57.0 Å². The summed E-state index contributed by atoms with van der Waals surface area (Å²) in [5.41, 5.74) is -0.724. The minimum Gasteiger partial charge on any atom is -0.339 e. The maximum Gasteiger partial charge on any atom is 0.226 e. The molecular weight excluding hydrogens is 310 g/mol. The number of hydrogen-bond donors (Lipinski definition) is 1. The molecule has 0 aromatic carbocycles. The molecule has 1 N–H and O–H groups in total. The fourth-order valence-corrected chi connectivity index (χ4v) is 5.20. The molecule has 0 spiro atoms. The second kappa shape index (κ2) is 6.72. The quantitative estimate of drug-likeness (QED) is 0.855. The minimum atomic E-state index is -0.724. The first-order valence-electron chi connectivity index (χ1n) is 8.63. The first kappa shape index (κ1) is 16.6. The summed E-state index contributed by atoms with van der Waals surface area (Å²) >= 11 is 1.70. The van der Waals surface area contributed by atoms with E-state index in [1.165, 1.54) is 12.8 Å². The topological polar surface area (TPSA) is 73.2 Å². The molecule has 2 aliphatic heterocycles. The number of thioether (sulfide) groups is 1. The van der Waals surface area contributed by atoms with Crippen LogP contribution in [-0.2, 0) is 9.59 Å². The van der Waals surface area contributed by atoms with Crippen molar-refractivity contribution in [2.75, 3.05) is 18.1 Å². The lowest BCUT2D eigenvalue weighted by molar-refractivity contribution is -0.131. The van der Waals surface area contributed by atoms with Crippen molar-refractivity contribution in [1.29, 1.82) is 5.26 Å².